The van der Waals surface area contributed by atoms with E-state index in [0.29, 0.717) is 11.4 Å². The zero-order chi connectivity index (χ0) is 20.5. The molecule has 2 aromatic rings. The molecular formula is C22H25N3O3. The van der Waals surface area contributed by atoms with Crippen LogP contribution in [0.3, 0.4) is 0 Å². The average molecular weight is 379 g/mol. The van der Waals surface area contributed by atoms with Gasteiger partial charge in [0.25, 0.3) is 5.91 Å². The SMILES string of the molecule is CC(Oc1ccccc1C(C)C)C(=O)NCc1ccccc1NC(=O)CC#N. The summed E-state index contributed by atoms with van der Waals surface area (Å²) in [5.74, 6) is 0.347. The summed E-state index contributed by atoms with van der Waals surface area (Å²) >= 11 is 0. The predicted octanol–water partition coefficient (Wildman–Crippen LogP) is 3.75. The molecule has 0 spiro atoms. The minimum absolute atomic E-state index is 0.221. The summed E-state index contributed by atoms with van der Waals surface area (Å²) in [6, 6.07) is 16.6. The van der Waals surface area contributed by atoms with Crippen molar-refractivity contribution < 1.29 is 14.3 Å². The molecule has 0 saturated heterocycles. The summed E-state index contributed by atoms with van der Waals surface area (Å²) in [4.78, 5) is 24.1. The van der Waals surface area contributed by atoms with Crippen molar-refractivity contribution in [2.75, 3.05) is 5.32 Å². The van der Waals surface area contributed by atoms with E-state index in [-0.39, 0.29) is 30.7 Å². The number of nitrogens with zero attached hydrogens (tertiary/aromatic N) is 1. The third-order valence-electron chi connectivity index (χ3n) is 4.20. The molecule has 6 nitrogen and oxygen atoms in total. The number of hydrogen-bond acceptors (Lipinski definition) is 4. The van der Waals surface area contributed by atoms with Crippen LogP contribution in [0.25, 0.3) is 0 Å². The number of para-hydroxylation sites is 2. The Morgan fingerprint density at radius 3 is 2.46 bits per heavy atom. The van der Waals surface area contributed by atoms with Gasteiger partial charge >= 0.3 is 0 Å². The number of nitrogens with one attached hydrogen (secondary N) is 2. The van der Waals surface area contributed by atoms with E-state index in [1.807, 2.05) is 42.5 Å². The van der Waals surface area contributed by atoms with Crippen molar-refractivity contribution in [3.63, 3.8) is 0 Å². The second kappa shape index (κ2) is 10.1. The first kappa shape index (κ1) is 21.0. The first-order valence-corrected chi connectivity index (χ1v) is 9.20. The zero-order valence-electron chi connectivity index (χ0n) is 16.4. The molecule has 0 aliphatic rings. The molecule has 0 fully saturated rings. The van der Waals surface area contributed by atoms with Gasteiger partial charge in [-0.15, -0.1) is 0 Å². The smallest absolute Gasteiger partial charge is 0.261 e. The topological polar surface area (TPSA) is 91.2 Å². The first-order valence-electron chi connectivity index (χ1n) is 9.20. The quantitative estimate of drug-likeness (QED) is 0.731. The highest BCUT2D eigenvalue weighted by atomic mass is 16.5. The Kier molecular flexibility index (Phi) is 7.58. The van der Waals surface area contributed by atoms with E-state index in [1.165, 1.54) is 0 Å². The lowest BCUT2D eigenvalue weighted by atomic mass is 10.0. The van der Waals surface area contributed by atoms with E-state index in [4.69, 9.17) is 10.00 Å². The third-order valence-corrected chi connectivity index (χ3v) is 4.20. The number of carbonyl (C=O) groups excluding carboxylic acids is 2. The van der Waals surface area contributed by atoms with Gasteiger partial charge in [0.15, 0.2) is 6.10 Å². The standard InChI is InChI=1S/C22H25N3O3/c1-15(2)18-9-5-7-11-20(18)28-16(3)22(27)24-14-17-8-4-6-10-19(17)25-21(26)12-13-23/h4-11,15-16H,12,14H2,1-3H3,(H,24,27)(H,25,26). The monoisotopic (exact) mass is 379 g/mol. The number of anilines is 1. The Morgan fingerprint density at radius 2 is 1.75 bits per heavy atom. The summed E-state index contributed by atoms with van der Waals surface area (Å²) in [7, 11) is 0. The predicted molar refractivity (Wildman–Crippen MR) is 108 cm³/mol. The second-order valence-corrected chi connectivity index (χ2v) is 6.71. The van der Waals surface area contributed by atoms with Crippen LogP contribution >= 0.6 is 0 Å². The highest BCUT2D eigenvalue weighted by molar-refractivity contribution is 5.92. The van der Waals surface area contributed by atoms with Crippen LogP contribution < -0.4 is 15.4 Å². The van der Waals surface area contributed by atoms with Crippen molar-refractivity contribution in [3.8, 4) is 11.8 Å². The summed E-state index contributed by atoms with van der Waals surface area (Å²) in [6.45, 7) is 6.09. The molecule has 2 aromatic carbocycles. The lowest BCUT2D eigenvalue weighted by Gasteiger charge is -2.19. The fraction of sp³-hybridized carbons (Fsp3) is 0.318. The second-order valence-electron chi connectivity index (χ2n) is 6.71. The zero-order valence-corrected chi connectivity index (χ0v) is 16.4. The number of ether oxygens (including phenoxy) is 1. The van der Waals surface area contributed by atoms with Gasteiger partial charge in [-0.1, -0.05) is 50.2 Å². The number of benzene rings is 2. The normalized spacial score (nSPS) is 11.4. The van der Waals surface area contributed by atoms with E-state index in [0.717, 1.165) is 11.1 Å². The van der Waals surface area contributed by atoms with Gasteiger partial charge in [-0.05, 0) is 36.1 Å². The lowest BCUT2D eigenvalue weighted by Crippen LogP contribution is -2.36. The molecule has 0 bridgehead atoms. The highest BCUT2D eigenvalue weighted by Crippen LogP contribution is 2.26. The van der Waals surface area contributed by atoms with Crippen LogP contribution in [0.15, 0.2) is 48.5 Å². The fourth-order valence-corrected chi connectivity index (χ4v) is 2.70. The maximum atomic E-state index is 12.5. The van der Waals surface area contributed by atoms with E-state index in [9.17, 15) is 9.59 Å². The first-order chi connectivity index (χ1) is 13.4. The summed E-state index contributed by atoms with van der Waals surface area (Å²) in [5.41, 5.74) is 2.37. The van der Waals surface area contributed by atoms with Crippen molar-refractivity contribution in [1.29, 1.82) is 5.26 Å². The molecule has 6 heteroatoms. The van der Waals surface area contributed by atoms with Gasteiger partial charge in [0.2, 0.25) is 5.91 Å². The number of hydrogen-bond donors (Lipinski definition) is 2. The van der Waals surface area contributed by atoms with Crippen LogP contribution in [0.5, 0.6) is 5.75 Å². The fourth-order valence-electron chi connectivity index (χ4n) is 2.70. The molecule has 0 heterocycles. The van der Waals surface area contributed by atoms with E-state index in [2.05, 4.69) is 24.5 Å². The summed E-state index contributed by atoms with van der Waals surface area (Å²) < 4.78 is 5.87. The maximum Gasteiger partial charge on any atom is 0.261 e. The molecular weight excluding hydrogens is 354 g/mol. The van der Waals surface area contributed by atoms with Crippen molar-refractivity contribution >= 4 is 17.5 Å². The minimum Gasteiger partial charge on any atom is -0.481 e. The summed E-state index contributed by atoms with van der Waals surface area (Å²) in [5, 5.41) is 14.1. The van der Waals surface area contributed by atoms with Crippen LogP contribution in [0, 0.1) is 11.3 Å². The Morgan fingerprint density at radius 1 is 1.07 bits per heavy atom. The Labute approximate surface area is 165 Å². The van der Waals surface area contributed by atoms with Gasteiger partial charge in [-0.3, -0.25) is 9.59 Å². The van der Waals surface area contributed by atoms with Gasteiger partial charge < -0.3 is 15.4 Å². The third kappa shape index (κ3) is 5.85. The number of carbonyl (C=O) groups is 2. The Balaban J connectivity index is 1.99. The van der Waals surface area contributed by atoms with Crippen molar-refractivity contribution in [2.24, 2.45) is 0 Å². The van der Waals surface area contributed by atoms with E-state index in [1.54, 1.807) is 19.1 Å². The van der Waals surface area contributed by atoms with Crippen molar-refractivity contribution in [3.05, 3.63) is 59.7 Å². The number of nitriles is 1. The van der Waals surface area contributed by atoms with Gasteiger partial charge in [-0.2, -0.15) is 5.26 Å². The molecule has 146 valence electrons. The molecule has 2 N–H and O–H groups in total. The molecule has 0 saturated carbocycles. The maximum absolute atomic E-state index is 12.5. The Bertz CT molecular complexity index is 871. The van der Waals surface area contributed by atoms with E-state index < -0.39 is 6.10 Å². The largest absolute Gasteiger partial charge is 0.481 e. The van der Waals surface area contributed by atoms with Crippen LogP contribution in [-0.2, 0) is 16.1 Å². The Hall–Kier alpha value is -3.33. The highest BCUT2D eigenvalue weighted by Gasteiger charge is 2.17. The molecule has 0 radical (unpaired) electrons. The molecule has 28 heavy (non-hydrogen) atoms. The van der Waals surface area contributed by atoms with Crippen molar-refractivity contribution in [1.82, 2.24) is 5.32 Å². The molecule has 1 atom stereocenters. The van der Waals surface area contributed by atoms with Gasteiger partial charge in [0.05, 0.1) is 6.07 Å². The molecule has 0 aliphatic heterocycles. The molecule has 1 unspecified atom stereocenters. The average Bonchev–Trinajstić information content (AvgIpc) is 2.67. The van der Waals surface area contributed by atoms with Crippen LogP contribution in [0.4, 0.5) is 5.69 Å². The number of rotatable bonds is 8. The van der Waals surface area contributed by atoms with Gasteiger partial charge in [0, 0.05) is 12.2 Å². The van der Waals surface area contributed by atoms with Crippen molar-refractivity contribution in [2.45, 2.75) is 45.8 Å². The van der Waals surface area contributed by atoms with Crippen LogP contribution in [-0.4, -0.2) is 17.9 Å². The van der Waals surface area contributed by atoms with E-state index >= 15 is 0 Å². The molecule has 2 rings (SSSR count). The van der Waals surface area contributed by atoms with Gasteiger partial charge in [0.1, 0.15) is 12.2 Å². The molecule has 0 aromatic heterocycles. The lowest BCUT2D eigenvalue weighted by molar-refractivity contribution is -0.127. The minimum atomic E-state index is -0.666. The summed E-state index contributed by atoms with van der Waals surface area (Å²) in [6.07, 6.45) is -0.888. The van der Waals surface area contributed by atoms with Crippen LogP contribution in [0.1, 0.15) is 44.2 Å². The molecule has 2 amide bonds. The van der Waals surface area contributed by atoms with Gasteiger partial charge in [-0.25, -0.2) is 0 Å². The molecule has 0 aliphatic carbocycles. The van der Waals surface area contributed by atoms with Crippen LogP contribution in [0.2, 0.25) is 0 Å². The number of amides is 2.